The quantitative estimate of drug-likeness (QED) is 0.826. The Kier molecular flexibility index (Phi) is 4.69. The number of nitrogens with zero attached hydrogens (tertiary/aromatic N) is 2. The van der Waals surface area contributed by atoms with E-state index < -0.39 is 10.0 Å². The van der Waals surface area contributed by atoms with Crippen LogP contribution in [0.1, 0.15) is 23.6 Å². The van der Waals surface area contributed by atoms with Gasteiger partial charge in [-0.2, -0.15) is 8.42 Å². The zero-order valence-corrected chi connectivity index (χ0v) is 15.6. The summed E-state index contributed by atoms with van der Waals surface area (Å²) < 4.78 is 29.0. The molecule has 24 heavy (non-hydrogen) atoms. The third-order valence-corrected chi connectivity index (χ3v) is 6.50. The summed E-state index contributed by atoms with van der Waals surface area (Å²) in [4.78, 5) is 2.24. The molecule has 1 aliphatic heterocycles. The molecule has 1 aliphatic rings. The molecule has 0 fully saturated rings. The Labute approximate surface area is 147 Å². The number of aryl methyl sites for hydroxylation is 2. The fraction of sp³-hybridized carbons (Fsp3) is 0.278. The molecule has 126 valence electrons. The van der Waals surface area contributed by atoms with Crippen molar-refractivity contribution in [2.45, 2.75) is 31.4 Å². The summed E-state index contributed by atoms with van der Waals surface area (Å²) in [5.41, 5.74) is 4.32. The van der Waals surface area contributed by atoms with E-state index in [1.165, 1.54) is 28.5 Å². The van der Waals surface area contributed by atoms with Crippen molar-refractivity contribution in [2.75, 3.05) is 11.4 Å². The van der Waals surface area contributed by atoms with Gasteiger partial charge in [0.2, 0.25) is 0 Å². The first-order valence-corrected chi connectivity index (χ1v) is 10.3. The summed E-state index contributed by atoms with van der Waals surface area (Å²) >= 11 is 1.47. The van der Waals surface area contributed by atoms with Crippen LogP contribution in [0.4, 0.5) is 5.69 Å². The van der Waals surface area contributed by atoms with E-state index in [1.54, 1.807) is 12.1 Å². The summed E-state index contributed by atoms with van der Waals surface area (Å²) in [5, 5.41) is 0.539. The van der Waals surface area contributed by atoms with Crippen molar-refractivity contribution in [1.82, 2.24) is 0 Å². The summed E-state index contributed by atoms with van der Waals surface area (Å²) in [6, 6.07) is 13.4. The minimum Gasteiger partial charge on any atom is -0.319 e. The van der Waals surface area contributed by atoms with Gasteiger partial charge >= 0.3 is 0 Å². The highest BCUT2D eigenvalue weighted by atomic mass is 32.2. The number of thioether (sulfide) groups is 1. The summed E-state index contributed by atoms with van der Waals surface area (Å²) in [6.07, 6.45) is 0. The van der Waals surface area contributed by atoms with Crippen LogP contribution < -0.4 is 4.90 Å². The molecule has 1 heterocycles. The lowest BCUT2D eigenvalue weighted by molar-refractivity contribution is 0.597. The fourth-order valence-corrected chi connectivity index (χ4v) is 5.29. The number of amidine groups is 1. The van der Waals surface area contributed by atoms with Crippen LogP contribution in [-0.4, -0.2) is 20.1 Å². The Bertz CT molecular complexity index is 905. The number of anilines is 1. The van der Waals surface area contributed by atoms with Gasteiger partial charge in [-0.1, -0.05) is 47.7 Å². The van der Waals surface area contributed by atoms with Crippen LogP contribution >= 0.6 is 11.8 Å². The molecule has 0 aliphatic carbocycles. The second kappa shape index (κ2) is 6.61. The molecule has 0 atom stereocenters. The monoisotopic (exact) mass is 360 g/mol. The van der Waals surface area contributed by atoms with Crippen LogP contribution in [0, 0.1) is 13.8 Å². The van der Waals surface area contributed by atoms with Crippen LogP contribution in [0.25, 0.3) is 0 Å². The number of fused-ring (bicyclic) bond motifs is 1. The maximum absolute atomic E-state index is 12.4. The van der Waals surface area contributed by atoms with Crippen molar-refractivity contribution in [3.05, 3.63) is 59.2 Å². The molecule has 0 spiro atoms. The second-order valence-electron chi connectivity index (χ2n) is 5.78. The molecule has 0 bridgehead atoms. The largest absolute Gasteiger partial charge is 0.319 e. The first-order chi connectivity index (χ1) is 11.4. The highest BCUT2D eigenvalue weighted by Crippen LogP contribution is 2.34. The van der Waals surface area contributed by atoms with E-state index in [4.69, 9.17) is 0 Å². The van der Waals surface area contributed by atoms with Gasteiger partial charge in [-0.3, -0.25) is 0 Å². The van der Waals surface area contributed by atoms with Crippen LogP contribution in [0.2, 0.25) is 0 Å². The Hall–Kier alpha value is -1.79. The van der Waals surface area contributed by atoms with Crippen LogP contribution in [0.3, 0.4) is 0 Å². The molecule has 2 aromatic carbocycles. The van der Waals surface area contributed by atoms with Gasteiger partial charge in [0.15, 0.2) is 5.17 Å². The van der Waals surface area contributed by atoms with E-state index in [9.17, 15) is 8.42 Å². The number of hydrogen-bond donors (Lipinski definition) is 0. The number of rotatable bonds is 3. The minimum absolute atomic E-state index is 0.280. The maximum Gasteiger partial charge on any atom is 0.286 e. The van der Waals surface area contributed by atoms with E-state index in [1.807, 2.05) is 24.0 Å². The molecule has 0 N–H and O–H groups in total. The predicted octanol–water partition coefficient (Wildman–Crippen LogP) is 4.12. The smallest absolute Gasteiger partial charge is 0.286 e. The minimum atomic E-state index is -3.63. The summed E-state index contributed by atoms with van der Waals surface area (Å²) in [6.45, 7) is 6.81. The summed E-state index contributed by atoms with van der Waals surface area (Å²) in [5.74, 6) is 0.695. The molecule has 0 unspecified atom stereocenters. The molecular formula is C18H20N2O2S2. The highest BCUT2D eigenvalue weighted by molar-refractivity contribution is 8.14. The first kappa shape index (κ1) is 17.0. The van der Waals surface area contributed by atoms with E-state index in [0.717, 1.165) is 0 Å². The van der Waals surface area contributed by atoms with Crippen molar-refractivity contribution >= 4 is 32.6 Å². The van der Waals surface area contributed by atoms with Crippen LogP contribution in [-0.2, 0) is 15.8 Å². The average molecular weight is 361 g/mol. The molecule has 0 saturated carbocycles. The lowest BCUT2D eigenvalue weighted by atomic mass is 10.1. The van der Waals surface area contributed by atoms with E-state index >= 15 is 0 Å². The normalized spacial score (nSPS) is 15.8. The van der Waals surface area contributed by atoms with E-state index in [2.05, 4.69) is 36.4 Å². The van der Waals surface area contributed by atoms with Gasteiger partial charge in [-0.15, -0.1) is 4.40 Å². The molecule has 2 aromatic rings. The van der Waals surface area contributed by atoms with Crippen LogP contribution in [0.15, 0.2) is 51.8 Å². The average Bonchev–Trinajstić information content (AvgIpc) is 2.55. The molecule has 0 radical (unpaired) electrons. The second-order valence-corrected chi connectivity index (χ2v) is 8.29. The van der Waals surface area contributed by atoms with Crippen molar-refractivity contribution in [3.8, 4) is 0 Å². The number of sulfonamides is 1. The Morgan fingerprint density at radius 3 is 2.62 bits per heavy atom. The van der Waals surface area contributed by atoms with Gasteiger partial charge in [0.1, 0.15) is 4.90 Å². The van der Waals surface area contributed by atoms with Gasteiger partial charge < -0.3 is 4.90 Å². The molecule has 0 aromatic heterocycles. The third kappa shape index (κ3) is 3.21. The van der Waals surface area contributed by atoms with E-state index in [0.29, 0.717) is 23.2 Å². The molecule has 4 nitrogen and oxygen atoms in total. The van der Waals surface area contributed by atoms with Gasteiger partial charge in [-0.05, 0) is 44.0 Å². The molecule has 0 amide bonds. The molecule has 6 heteroatoms. The third-order valence-electron chi connectivity index (χ3n) is 4.04. The zero-order valence-electron chi connectivity index (χ0n) is 14.0. The maximum atomic E-state index is 12.4. The van der Waals surface area contributed by atoms with Gasteiger partial charge in [-0.25, -0.2) is 0 Å². The molecular weight excluding hydrogens is 340 g/mol. The Morgan fingerprint density at radius 1 is 1.12 bits per heavy atom. The lowest BCUT2D eigenvalue weighted by Gasteiger charge is -2.29. The van der Waals surface area contributed by atoms with Crippen molar-refractivity contribution < 1.29 is 8.42 Å². The highest BCUT2D eigenvalue weighted by Gasteiger charge is 2.29. The predicted molar refractivity (Wildman–Crippen MR) is 101 cm³/mol. The van der Waals surface area contributed by atoms with Gasteiger partial charge in [0.05, 0.1) is 5.69 Å². The van der Waals surface area contributed by atoms with Crippen molar-refractivity contribution in [3.63, 3.8) is 0 Å². The van der Waals surface area contributed by atoms with Gasteiger partial charge in [0, 0.05) is 12.3 Å². The molecule has 3 rings (SSSR count). The number of hydrogen-bond acceptors (Lipinski definition) is 4. The topological polar surface area (TPSA) is 49.7 Å². The van der Waals surface area contributed by atoms with Crippen LogP contribution in [0.5, 0.6) is 0 Å². The Balaban J connectivity index is 1.93. The fourth-order valence-electron chi connectivity index (χ4n) is 2.71. The zero-order chi connectivity index (χ0) is 17.3. The summed E-state index contributed by atoms with van der Waals surface area (Å²) in [7, 11) is -3.63. The standard InChI is InChI=1S/C18H20N2O2S2/c1-4-20-16-7-5-6-8-17(16)24(21,22)19-18(20)23-12-15-11-13(2)9-10-14(15)3/h5-11H,4,12H2,1-3H3. The molecule has 0 saturated heterocycles. The number of benzene rings is 2. The SMILES string of the molecule is CCN1C(SCc2cc(C)ccc2C)=NS(=O)(=O)c2ccccc21. The lowest BCUT2D eigenvalue weighted by Crippen LogP contribution is -2.33. The van der Waals surface area contributed by atoms with Crippen molar-refractivity contribution in [2.24, 2.45) is 4.40 Å². The Morgan fingerprint density at radius 2 is 1.88 bits per heavy atom. The van der Waals surface area contributed by atoms with Crippen molar-refractivity contribution in [1.29, 1.82) is 0 Å². The van der Waals surface area contributed by atoms with E-state index in [-0.39, 0.29) is 4.90 Å². The first-order valence-electron chi connectivity index (χ1n) is 7.83. The number of para-hydroxylation sites is 1. The van der Waals surface area contributed by atoms with Gasteiger partial charge in [0.25, 0.3) is 10.0 Å².